The van der Waals surface area contributed by atoms with Crippen LogP contribution >= 0.6 is 0 Å². The molecule has 0 fully saturated rings. The molecule has 1 unspecified atom stereocenters. The fourth-order valence-electron chi connectivity index (χ4n) is 1.83. The lowest BCUT2D eigenvalue weighted by atomic mass is 9.94. The van der Waals surface area contributed by atoms with Crippen LogP contribution in [0.2, 0.25) is 0 Å². The van der Waals surface area contributed by atoms with E-state index in [4.69, 9.17) is 10.00 Å². The van der Waals surface area contributed by atoms with Gasteiger partial charge in [0.1, 0.15) is 5.75 Å². The Hall–Kier alpha value is -1.49. The minimum Gasteiger partial charge on any atom is -0.493 e. The van der Waals surface area contributed by atoms with Crippen molar-refractivity contribution < 1.29 is 4.74 Å². The van der Waals surface area contributed by atoms with Crippen LogP contribution in [0.4, 0.5) is 0 Å². The molecule has 1 aliphatic heterocycles. The highest BCUT2D eigenvalue weighted by Crippen LogP contribution is 2.33. The Balaban J connectivity index is 2.47. The maximum absolute atomic E-state index is 9.05. The zero-order valence-electron chi connectivity index (χ0n) is 8.29. The summed E-state index contributed by atoms with van der Waals surface area (Å²) in [6, 6.07) is 8.41. The Bertz CT molecular complexity index is 378. The van der Waals surface area contributed by atoms with Gasteiger partial charge in [0.25, 0.3) is 0 Å². The van der Waals surface area contributed by atoms with Crippen molar-refractivity contribution in [2.75, 3.05) is 6.61 Å². The SMILES string of the molecule is Cc1ccc2c(c1)C(C#N)CCCO2. The van der Waals surface area contributed by atoms with Crippen LogP contribution in [0.5, 0.6) is 5.75 Å². The average Bonchev–Trinajstić information content (AvgIpc) is 2.39. The summed E-state index contributed by atoms with van der Waals surface area (Å²) in [4.78, 5) is 0. The van der Waals surface area contributed by atoms with Crippen LogP contribution in [0.1, 0.15) is 29.9 Å². The Labute approximate surface area is 84.1 Å². The number of nitriles is 1. The van der Waals surface area contributed by atoms with Crippen molar-refractivity contribution in [3.05, 3.63) is 29.3 Å². The summed E-state index contributed by atoms with van der Waals surface area (Å²) in [7, 11) is 0. The number of rotatable bonds is 0. The van der Waals surface area contributed by atoms with Gasteiger partial charge >= 0.3 is 0 Å². The minimum absolute atomic E-state index is 0.00685. The van der Waals surface area contributed by atoms with Gasteiger partial charge in [-0.25, -0.2) is 0 Å². The molecule has 0 radical (unpaired) electrons. The van der Waals surface area contributed by atoms with Crippen LogP contribution < -0.4 is 4.74 Å². The Morgan fingerprint density at radius 2 is 2.36 bits per heavy atom. The van der Waals surface area contributed by atoms with E-state index < -0.39 is 0 Å². The molecule has 2 heteroatoms. The molecule has 2 rings (SSSR count). The van der Waals surface area contributed by atoms with Crippen molar-refractivity contribution in [2.24, 2.45) is 0 Å². The van der Waals surface area contributed by atoms with E-state index in [0.29, 0.717) is 0 Å². The number of ether oxygens (including phenoxy) is 1. The van der Waals surface area contributed by atoms with Gasteiger partial charge in [0.15, 0.2) is 0 Å². The quantitative estimate of drug-likeness (QED) is 0.625. The monoisotopic (exact) mass is 187 g/mol. The van der Waals surface area contributed by atoms with Gasteiger partial charge in [0, 0.05) is 5.56 Å². The molecule has 0 spiro atoms. The van der Waals surface area contributed by atoms with Gasteiger partial charge in [0.05, 0.1) is 18.6 Å². The van der Waals surface area contributed by atoms with E-state index >= 15 is 0 Å². The first-order chi connectivity index (χ1) is 6.81. The molecule has 0 bridgehead atoms. The third-order valence-corrected chi connectivity index (χ3v) is 2.59. The molecule has 0 aliphatic carbocycles. The van der Waals surface area contributed by atoms with Crippen molar-refractivity contribution in [3.63, 3.8) is 0 Å². The smallest absolute Gasteiger partial charge is 0.123 e. The molecule has 1 atom stereocenters. The fourth-order valence-corrected chi connectivity index (χ4v) is 1.83. The van der Waals surface area contributed by atoms with Gasteiger partial charge in [-0.15, -0.1) is 0 Å². The van der Waals surface area contributed by atoms with Gasteiger partial charge < -0.3 is 4.74 Å². The second kappa shape index (κ2) is 3.71. The number of hydrogen-bond donors (Lipinski definition) is 0. The molecule has 14 heavy (non-hydrogen) atoms. The molecule has 0 aromatic heterocycles. The highest BCUT2D eigenvalue weighted by Gasteiger charge is 2.18. The number of benzene rings is 1. The van der Waals surface area contributed by atoms with Gasteiger partial charge in [-0.05, 0) is 25.8 Å². The number of nitrogens with zero attached hydrogens (tertiary/aromatic N) is 1. The van der Waals surface area contributed by atoms with Crippen LogP contribution in [-0.4, -0.2) is 6.61 Å². The Kier molecular flexibility index (Phi) is 2.41. The summed E-state index contributed by atoms with van der Waals surface area (Å²) >= 11 is 0. The van der Waals surface area contributed by atoms with E-state index in [1.807, 2.05) is 19.1 Å². The largest absolute Gasteiger partial charge is 0.493 e. The van der Waals surface area contributed by atoms with Crippen LogP contribution in [-0.2, 0) is 0 Å². The summed E-state index contributed by atoms with van der Waals surface area (Å²) in [5, 5.41) is 9.05. The molecule has 0 saturated carbocycles. The predicted octanol–water partition coefficient (Wildman–Crippen LogP) is 2.77. The minimum atomic E-state index is 0.00685. The Morgan fingerprint density at radius 3 is 3.14 bits per heavy atom. The summed E-state index contributed by atoms with van der Waals surface area (Å²) in [5.74, 6) is 0.895. The van der Waals surface area contributed by atoms with Gasteiger partial charge in [0.2, 0.25) is 0 Å². The second-order valence-corrected chi connectivity index (χ2v) is 3.71. The number of hydrogen-bond acceptors (Lipinski definition) is 2. The number of aryl methyl sites for hydroxylation is 1. The Morgan fingerprint density at radius 1 is 1.50 bits per heavy atom. The highest BCUT2D eigenvalue weighted by molar-refractivity contribution is 5.42. The maximum Gasteiger partial charge on any atom is 0.123 e. The second-order valence-electron chi connectivity index (χ2n) is 3.71. The molecule has 1 heterocycles. The molecule has 2 nitrogen and oxygen atoms in total. The molecule has 72 valence electrons. The van der Waals surface area contributed by atoms with Crippen LogP contribution in [0.25, 0.3) is 0 Å². The third-order valence-electron chi connectivity index (χ3n) is 2.59. The predicted molar refractivity (Wildman–Crippen MR) is 54.3 cm³/mol. The standard InChI is InChI=1S/C12H13NO/c1-9-4-5-12-11(7-9)10(8-13)3-2-6-14-12/h4-5,7,10H,2-3,6H2,1H3. The van der Waals surface area contributed by atoms with Gasteiger partial charge in [-0.1, -0.05) is 17.7 Å². The molecule has 0 N–H and O–H groups in total. The first kappa shape index (κ1) is 9.08. The highest BCUT2D eigenvalue weighted by atomic mass is 16.5. The van der Waals surface area contributed by atoms with E-state index in [2.05, 4.69) is 12.1 Å². The third kappa shape index (κ3) is 1.58. The molecule has 1 aliphatic rings. The molecule has 0 amide bonds. The molecular formula is C12H13NO. The van der Waals surface area contributed by atoms with E-state index in [0.717, 1.165) is 30.8 Å². The first-order valence-electron chi connectivity index (χ1n) is 4.94. The summed E-state index contributed by atoms with van der Waals surface area (Å²) < 4.78 is 5.58. The van der Waals surface area contributed by atoms with Crippen LogP contribution in [0.15, 0.2) is 18.2 Å². The van der Waals surface area contributed by atoms with Crippen molar-refractivity contribution in [1.82, 2.24) is 0 Å². The molecule has 1 aromatic rings. The van der Waals surface area contributed by atoms with Crippen molar-refractivity contribution in [1.29, 1.82) is 5.26 Å². The topological polar surface area (TPSA) is 33.0 Å². The van der Waals surface area contributed by atoms with Crippen LogP contribution in [0.3, 0.4) is 0 Å². The average molecular weight is 187 g/mol. The summed E-state index contributed by atoms with van der Waals surface area (Å²) in [6.45, 7) is 2.77. The fraction of sp³-hybridized carbons (Fsp3) is 0.417. The number of fused-ring (bicyclic) bond motifs is 1. The van der Waals surface area contributed by atoms with Crippen molar-refractivity contribution >= 4 is 0 Å². The molecule has 0 saturated heterocycles. The maximum atomic E-state index is 9.05. The van der Waals surface area contributed by atoms with E-state index in [-0.39, 0.29) is 5.92 Å². The normalized spacial score (nSPS) is 20.1. The zero-order valence-corrected chi connectivity index (χ0v) is 8.29. The van der Waals surface area contributed by atoms with E-state index in [1.165, 1.54) is 5.56 Å². The summed E-state index contributed by atoms with van der Waals surface area (Å²) in [5.41, 5.74) is 2.25. The zero-order chi connectivity index (χ0) is 9.97. The lowest BCUT2D eigenvalue weighted by molar-refractivity contribution is 0.316. The van der Waals surface area contributed by atoms with Gasteiger partial charge in [-0.3, -0.25) is 0 Å². The van der Waals surface area contributed by atoms with E-state index in [9.17, 15) is 0 Å². The van der Waals surface area contributed by atoms with Crippen molar-refractivity contribution in [2.45, 2.75) is 25.7 Å². The van der Waals surface area contributed by atoms with Gasteiger partial charge in [-0.2, -0.15) is 5.26 Å². The van der Waals surface area contributed by atoms with E-state index in [1.54, 1.807) is 0 Å². The van der Waals surface area contributed by atoms with Crippen LogP contribution in [0, 0.1) is 18.3 Å². The molecule has 1 aromatic carbocycles. The van der Waals surface area contributed by atoms with Crippen molar-refractivity contribution in [3.8, 4) is 11.8 Å². The summed E-state index contributed by atoms with van der Waals surface area (Å²) in [6.07, 6.45) is 1.87. The lowest BCUT2D eigenvalue weighted by Gasteiger charge is -2.10. The first-order valence-corrected chi connectivity index (χ1v) is 4.94. The molecular weight excluding hydrogens is 174 g/mol. The lowest BCUT2D eigenvalue weighted by Crippen LogP contribution is -1.95.